The molecule has 5 nitrogen and oxygen atoms in total. The summed E-state index contributed by atoms with van der Waals surface area (Å²) >= 11 is 0. The maximum absolute atomic E-state index is 12.9. The van der Waals surface area contributed by atoms with Gasteiger partial charge in [0.05, 0.1) is 5.69 Å². The topological polar surface area (TPSA) is 55.1 Å². The van der Waals surface area contributed by atoms with Crippen molar-refractivity contribution >= 4 is 17.2 Å². The summed E-state index contributed by atoms with van der Waals surface area (Å²) in [4.78, 5) is 13.1. The van der Waals surface area contributed by atoms with E-state index in [-0.39, 0.29) is 21.7 Å². The number of anilines is 1. The van der Waals surface area contributed by atoms with Crippen molar-refractivity contribution in [1.29, 1.82) is 0 Å². The van der Waals surface area contributed by atoms with Gasteiger partial charge in [-0.25, -0.2) is 23.7 Å². The second-order valence-electron chi connectivity index (χ2n) is 6.59. The number of hydrogen-bond acceptors (Lipinski definition) is 4. The van der Waals surface area contributed by atoms with E-state index < -0.39 is 5.92 Å². The molecule has 0 aromatic carbocycles. The summed E-state index contributed by atoms with van der Waals surface area (Å²) in [6.45, 7) is 0. The summed E-state index contributed by atoms with van der Waals surface area (Å²) in [5.74, 6) is -2.12. The second-order valence-corrected chi connectivity index (χ2v) is 6.59. The van der Waals surface area contributed by atoms with Gasteiger partial charge in [0.1, 0.15) is 5.65 Å². The molecule has 0 atom stereocenters. The molecule has 0 radical (unpaired) electrons. The molecule has 0 saturated heterocycles. The van der Waals surface area contributed by atoms with Crippen molar-refractivity contribution in [2.45, 2.75) is 31.2 Å². The van der Waals surface area contributed by atoms with Crippen molar-refractivity contribution in [2.75, 3.05) is 5.32 Å². The lowest BCUT2D eigenvalue weighted by atomic mass is 9.88. The quantitative estimate of drug-likeness (QED) is 0.786. The van der Waals surface area contributed by atoms with Crippen LogP contribution in [0.3, 0.4) is 0 Å². The molecule has 7 heteroatoms. The van der Waals surface area contributed by atoms with Gasteiger partial charge in [0.25, 0.3) is 5.92 Å². The highest BCUT2D eigenvalue weighted by atomic mass is 19.3. The second kappa shape index (κ2) is 5.08. The molecule has 0 bridgehead atoms. The monoisotopic (exact) mass is 343 g/mol. The Balaban J connectivity index is 0.00000105. The number of rotatable bonds is 3. The Morgan fingerprint density at radius 1 is 1.24 bits per heavy atom. The third-order valence-corrected chi connectivity index (χ3v) is 4.78. The molecule has 0 amide bonds. The highest BCUT2D eigenvalue weighted by Gasteiger charge is 2.45. The average Bonchev–Trinajstić information content (AvgIpc) is 3.18. The average molecular weight is 343 g/mol. The summed E-state index contributed by atoms with van der Waals surface area (Å²) in [5.41, 5.74) is 4.98. The zero-order valence-electron chi connectivity index (χ0n) is 13.3. The summed E-state index contributed by atoms with van der Waals surface area (Å²) < 4.78 is 27.9. The molecule has 0 spiro atoms. The number of hydrogen-bond donors (Lipinski definition) is 1. The first-order valence-corrected chi connectivity index (χ1v) is 8.21. The van der Waals surface area contributed by atoms with Crippen molar-refractivity contribution < 1.29 is 11.6 Å². The zero-order valence-corrected chi connectivity index (χ0v) is 13.3. The number of aromatic nitrogens is 4. The highest BCUT2D eigenvalue weighted by molar-refractivity contribution is 5.83. The third-order valence-electron chi connectivity index (χ3n) is 4.78. The van der Waals surface area contributed by atoms with Gasteiger partial charge in [-0.2, -0.15) is 0 Å². The van der Waals surface area contributed by atoms with E-state index in [9.17, 15) is 8.78 Å². The van der Waals surface area contributed by atoms with Crippen molar-refractivity contribution in [3.63, 3.8) is 0 Å². The summed E-state index contributed by atoms with van der Waals surface area (Å²) in [5, 5.41) is 3.00. The molecule has 2 aliphatic carbocycles. The van der Waals surface area contributed by atoms with Gasteiger partial charge < -0.3 is 9.72 Å². The Morgan fingerprint density at radius 3 is 2.96 bits per heavy atom. The lowest BCUT2D eigenvalue weighted by Crippen LogP contribution is -2.44. The van der Waals surface area contributed by atoms with Crippen molar-refractivity contribution in [3.05, 3.63) is 59.8 Å². The van der Waals surface area contributed by atoms with Gasteiger partial charge in [0.15, 0.2) is 0 Å². The third kappa shape index (κ3) is 2.47. The summed E-state index contributed by atoms with van der Waals surface area (Å²) in [6.07, 6.45) is 10.0. The smallest absolute Gasteiger partial charge is 0.252 e. The predicted molar refractivity (Wildman–Crippen MR) is 93.8 cm³/mol. The van der Waals surface area contributed by atoms with Gasteiger partial charge in [-0.05, 0) is 23.3 Å². The molecule has 130 valence electrons. The molecule has 25 heavy (non-hydrogen) atoms. The Hall–Kier alpha value is -2.83. The van der Waals surface area contributed by atoms with E-state index in [1.54, 1.807) is 12.4 Å². The first-order valence-electron chi connectivity index (χ1n) is 8.21. The number of nitrogens with zero attached hydrogens (tertiary/aromatic N) is 4. The van der Waals surface area contributed by atoms with Gasteiger partial charge >= 0.3 is 0 Å². The first kappa shape index (κ1) is 14.5. The minimum absolute atomic E-state index is 0. The van der Waals surface area contributed by atoms with E-state index in [2.05, 4.69) is 26.3 Å². The maximum atomic E-state index is 12.9. The van der Waals surface area contributed by atoms with Crippen LogP contribution < -0.4 is 5.32 Å². The summed E-state index contributed by atoms with van der Waals surface area (Å²) in [7, 11) is 0. The van der Waals surface area contributed by atoms with E-state index in [1.807, 2.05) is 28.9 Å². The number of alkyl halides is 2. The number of nitrogens with one attached hydrogen (secondary N) is 1. The standard InChI is InChI=1S/C18H15F2N5.2H2/c19-18(20)7-12(8-18)23-17-22-9-14-13(2-3-15(14)24-17)11-1-4-16-21-5-6-25(16)10-11;;/h1-2,4-6,9-10,12H,3,7-8H2,(H,22,23,24);2*1H. The van der Waals surface area contributed by atoms with Gasteiger partial charge in [-0.1, -0.05) is 6.08 Å². The number of allylic oxidation sites excluding steroid dienone is 1. The lowest BCUT2D eigenvalue weighted by molar-refractivity contribution is -0.0794. The molecule has 5 rings (SSSR count). The number of halogens is 2. The van der Waals surface area contributed by atoms with E-state index in [0.29, 0.717) is 12.4 Å². The van der Waals surface area contributed by atoms with Gasteiger partial charge in [-0.3, -0.25) is 0 Å². The van der Waals surface area contributed by atoms with Crippen LogP contribution in [0.1, 0.15) is 32.5 Å². The molecule has 0 aliphatic heterocycles. The van der Waals surface area contributed by atoms with Crippen molar-refractivity contribution in [3.8, 4) is 0 Å². The van der Waals surface area contributed by atoms with Crippen LogP contribution in [0.2, 0.25) is 0 Å². The van der Waals surface area contributed by atoms with Gasteiger partial charge in [0.2, 0.25) is 5.95 Å². The minimum Gasteiger partial charge on any atom is -0.351 e. The first-order chi connectivity index (χ1) is 12.1. The van der Waals surface area contributed by atoms with Crippen LogP contribution in [-0.2, 0) is 6.42 Å². The molecule has 3 aromatic rings. The van der Waals surface area contributed by atoms with E-state index in [1.165, 1.54) is 0 Å². The van der Waals surface area contributed by atoms with E-state index >= 15 is 0 Å². The van der Waals surface area contributed by atoms with Crippen LogP contribution >= 0.6 is 0 Å². The largest absolute Gasteiger partial charge is 0.351 e. The van der Waals surface area contributed by atoms with Gasteiger partial charge in [-0.15, -0.1) is 0 Å². The fourth-order valence-electron chi connectivity index (χ4n) is 3.47. The normalized spacial score (nSPS) is 18.7. The minimum atomic E-state index is -2.55. The highest BCUT2D eigenvalue weighted by Crippen LogP contribution is 2.39. The zero-order chi connectivity index (χ0) is 17.0. The molecule has 1 fully saturated rings. The Labute approximate surface area is 145 Å². The van der Waals surface area contributed by atoms with Crippen LogP contribution in [0.25, 0.3) is 11.2 Å². The number of pyridine rings is 1. The van der Waals surface area contributed by atoms with Crippen LogP contribution in [0.15, 0.2) is 43.0 Å². The number of fused-ring (bicyclic) bond motifs is 2. The fourth-order valence-corrected chi connectivity index (χ4v) is 3.47. The molecule has 3 aromatic heterocycles. The molecular formula is C18H19F2N5. The van der Waals surface area contributed by atoms with Crippen molar-refractivity contribution in [2.24, 2.45) is 0 Å². The molecule has 3 heterocycles. The molecule has 1 N–H and O–H groups in total. The fraction of sp³-hybridized carbons (Fsp3) is 0.278. The van der Waals surface area contributed by atoms with Crippen LogP contribution in [0, 0.1) is 0 Å². The molecule has 2 aliphatic rings. The number of imidazole rings is 1. The maximum Gasteiger partial charge on any atom is 0.252 e. The van der Waals surface area contributed by atoms with E-state index in [4.69, 9.17) is 0 Å². The van der Waals surface area contributed by atoms with Gasteiger partial charge in [0, 0.05) is 58.5 Å². The molecular weight excluding hydrogens is 324 g/mol. The SMILES string of the molecule is FC1(F)CC(Nc2ncc3c(n2)CC=C3c2ccc3nccn3c2)C1.[HH].[HH]. The Morgan fingerprint density at radius 2 is 2.12 bits per heavy atom. The summed E-state index contributed by atoms with van der Waals surface area (Å²) in [6, 6.07) is 3.76. The van der Waals surface area contributed by atoms with Crippen molar-refractivity contribution in [1.82, 2.24) is 19.4 Å². The van der Waals surface area contributed by atoms with Crippen LogP contribution in [-0.4, -0.2) is 31.3 Å². The Kier molecular flexibility index (Phi) is 2.95. The van der Waals surface area contributed by atoms with Crippen LogP contribution in [0.5, 0.6) is 0 Å². The predicted octanol–water partition coefficient (Wildman–Crippen LogP) is 3.81. The Bertz CT molecular complexity index is 1010. The van der Waals surface area contributed by atoms with E-state index in [0.717, 1.165) is 28.0 Å². The lowest BCUT2D eigenvalue weighted by Gasteiger charge is -2.35. The molecule has 1 saturated carbocycles. The van der Waals surface area contributed by atoms with Crippen LogP contribution in [0.4, 0.5) is 14.7 Å². The molecule has 0 unspecified atom stereocenters.